The van der Waals surface area contributed by atoms with E-state index in [4.69, 9.17) is 26.4 Å². The molecule has 7 nitrogen and oxygen atoms in total. The van der Waals surface area contributed by atoms with E-state index in [0.29, 0.717) is 17.2 Å². The third-order valence-electron chi connectivity index (χ3n) is 5.03. The highest BCUT2D eigenvalue weighted by atomic mass is 32.2. The fourth-order valence-electron chi connectivity index (χ4n) is 3.44. The number of rotatable bonds is 10. The fourth-order valence-corrected chi connectivity index (χ4v) is 3.79. The van der Waals surface area contributed by atoms with Gasteiger partial charge in [-0.05, 0) is 63.7 Å². The Morgan fingerprint density at radius 2 is 1.53 bits per heavy atom. The second kappa shape index (κ2) is 14.7. The number of hydrogen-bond donors (Lipinski definition) is 2. The molecule has 0 fully saturated rings. The molecule has 0 aliphatic heterocycles. The van der Waals surface area contributed by atoms with Crippen molar-refractivity contribution < 1.29 is 23.8 Å². The summed E-state index contributed by atoms with van der Waals surface area (Å²) in [6.07, 6.45) is 1.10. The number of carbonyl (C=O) groups is 2. The molecule has 0 spiro atoms. The Bertz CT molecular complexity index is 967. The van der Waals surface area contributed by atoms with Crippen molar-refractivity contribution in [3.8, 4) is 0 Å². The molecule has 36 heavy (non-hydrogen) atoms. The summed E-state index contributed by atoms with van der Waals surface area (Å²) in [7, 11) is 0. The largest absolute Gasteiger partial charge is 0.473 e. The van der Waals surface area contributed by atoms with Gasteiger partial charge in [0.15, 0.2) is 0 Å². The topological polar surface area (TPSA) is 85.9 Å². The number of hydrogen-bond acceptors (Lipinski definition) is 7. The molecular weight excluding hydrogens is 496 g/mol. The van der Waals surface area contributed by atoms with Crippen molar-refractivity contribution in [2.75, 3.05) is 6.26 Å². The first-order valence-electron chi connectivity index (χ1n) is 11.8. The highest BCUT2D eigenvalue weighted by Gasteiger charge is 2.30. The van der Waals surface area contributed by atoms with E-state index in [1.54, 1.807) is 20.8 Å². The van der Waals surface area contributed by atoms with Crippen LogP contribution in [0.5, 0.6) is 0 Å². The van der Waals surface area contributed by atoms with E-state index in [1.165, 1.54) is 11.8 Å². The van der Waals surface area contributed by atoms with Gasteiger partial charge in [-0.1, -0.05) is 72.4 Å². The van der Waals surface area contributed by atoms with Crippen LogP contribution in [0.1, 0.15) is 45.2 Å². The molecule has 2 rings (SSSR count). The molecule has 0 saturated carbocycles. The Hall–Kier alpha value is -2.78. The van der Waals surface area contributed by atoms with Gasteiger partial charge in [0.1, 0.15) is 18.3 Å². The summed E-state index contributed by atoms with van der Waals surface area (Å²) in [4.78, 5) is 25.1. The Balaban J connectivity index is 2.17. The van der Waals surface area contributed by atoms with E-state index >= 15 is 0 Å². The zero-order valence-corrected chi connectivity index (χ0v) is 23.1. The lowest BCUT2D eigenvalue weighted by Crippen LogP contribution is -2.49. The van der Waals surface area contributed by atoms with Crippen LogP contribution in [0.4, 0.5) is 9.59 Å². The van der Waals surface area contributed by atoms with Gasteiger partial charge in [0, 0.05) is 12.5 Å². The van der Waals surface area contributed by atoms with E-state index in [0.717, 1.165) is 11.1 Å². The molecule has 2 aromatic rings. The number of thioether (sulfide) groups is 1. The van der Waals surface area contributed by atoms with Gasteiger partial charge in [0.05, 0.1) is 6.04 Å². The lowest BCUT2D eigenvalue weighted by Gasteiger charge is -2.31. The first kappa shape index (κ1) is 29.5. The van der Waals surface area contributed by atoms with Crippen LogP contribution in [0.25, 0.3) is 0 Å². The molecule has 2 aromatic carbocycles. The van der Waals surface area contributed by atoms with Crippen molar-refractivity contribution in [3.63, 3.8) is 0 Å². The molecule has 0 radical (unpaired) electrons. The van der Waals surface area contributed by atoms with Crippen LogP contribution in [0.3, 0.4) is 0 Å². The van der Waals surface area contributed by atoms with Gasteiger partial charge in [-0.2, -0.15) is 0 Å². The Kier molecular flexibility index (Phi) is 12.0. The van der Waals surface area contributed by atoms with Crippen LogP contribution in [0.15, 0.2) is 60.7 Å². The van der Waals surface area contributed by atoms with Gasteiger partial charge in [-0.25, -0.2) is 9.59 Å². The normalized spacial score (nSPS) is 13.6. The van der Waals surface area contributed by atoms with Crippen LogP contribution in [-0.4, -0.2) is 46.6 Å². The van der Waals surface area contributed by atoms with Crippen LogP contribution < -0.4 is 10.6 Å². The molecule has 3 unspecified atom stereocenters. The average Bonchev–Trinajstić information content (AvgIpc) is 2.81. The summed E-state index contributed by atoms with van der Waals surface area (Å²) in [5.41, 5.74) is 1.29. The van der Waals surface area contributed by atoms with Crippen molar-refractivity contribution in [3.05, 3.63) is 71.8 Å². The smallest absolute Gasteiger partial charge is 0.407 e. The van der Waals surface area contributed by atoms with Gasteiger partial charge in [0.2, 0.25) is 4.38 Å². The van der Waals surface area contributed by atoms with Crippen molar-refractivity contribution >= 4 is 40.5 Å². The molecule has 0 heterocycles. The van der Waals surface area contributed by atoms with E-state index in [9.17, 15) is 9.59 Å². The molecule has 0 aromatic heterocycles. The number of ether oxygens (including phenoxy) is 3. The molecule has 0 aliphatic rings. The SMILES string of the molecule is CSC(=S)OC(CC(C)NC(=O)OC(C)(C)C)C(Cc1ccccc1)NC(=O)OCc1ccccc1. The Labute approximate surface area is 223 Å². The minimum absolute atomic E-state index is 0.149. The minimum atomic E-state index is -0.611. The first-order valence-corrected chi connectivity index (χ1v) is 13.4. The van der Waals surface area contributed by atoms with Gasteiger partial charge in [-0.3, -0.25) is 0 Å². The van der Waals surface area contributed by atoms with Crippen LogP contribution in [0.2, 0.25) is 0 Å². The van der Waals surface area contributed by atoms with Crippen molar-refractivity contribution in [1.29, 1.82) is 0 Å². The maximum atomic E-state index is 12.8. The summed E-state index contributed by atoms with van der Waals surface area (Å²) in [5, 5.41) is 5.80. The molecule has 0 bridgehead atoms. The number of nitrogens with one attached hydrogen (secondary N) is 2. The van der Waals surface area contributed by atoms with E-state index in [1.807, 2.05) is 73.8 Å². The number of thiocarbonyl (C=S) groups is 1. The predicted molar refractivity (Wildman–Crippen MR) is 148 cm³/mol. The standard InChI is InChI=1S/C27H36N2O5S2/c1-19(28-25(31)34-27(2,3)4)16-23(33-26(35)36-5)22(17-20-12-8-6-9-13-20)29-24(30)32-18-21-14-10-7-11-15-21/h6-15,19,22-23H,16-18H2,1-5H3,(H,28,31)(H,29,30). The Morgan fingerprint density at radius 1 is 0.944 bits per heavy atom. The summed E-state index contributed by atoms with van der Waals surface area (Å²) < 4.78 is 17.3. The highest BCUT2D eigenvalue weighted by molar-refractivity contribution is 8.22. The molecule has 196 valence electrons. The zero-order chi connectivity index (χ0) is 26.6. The molecule has 3 atom stereocenters. The number of benzene rings is 2. The monoisotopic (exact) mass is 532 g/mol. The lowest BCUT2D eigenvalue weighted by atomic mass is 9.97. The van der Waals surface area contributed by atoms with Crippen LogP contribution in [-0.2, 0) is 27.2 Å². The third kappa shape index (κ3) is 11.8. The van der Waals surface area contributed by atoms with Gasteiger partial charge < -0.3 is 24.8 Å². The van der Waals surface area contributed by atoms with Crippen molar-refractivity contribution in [2.45, 2.75) is 70.9 Å². The molecule has 9 heteroatoms. The van der Waals surface area contributed by atoms with Crippen molar-refractivity contribution in [2.24, 2.45) is 0 Å². The number of alkyl carbamates (subject to hydrolysis) is 2. The second-order valence-electron chi connectivity index (χ2n) is 9.40. The van der Waals surface area contributed by atoms with E-state index in [2.05, 4.69) is 10.6 Å². The molecule has 0 aliphatic carbocycles. The molecule has 2 N–H and O–H groups in total. The zero-order valence-electron chi connectivity index (χ0n) is 21.5. The lowest BCUT2D eigenvalue weighted by molar-refractivity contribution is 0.0481. The number of carbonyl (C=O) groups excluding carboxylic acids is 2. The van der Waals surface area contributed by atoms with Gasteiger partial charge in [0.25, 0.3) is 0 Å². The maximum absolute atomic E-state index is 12.8. The summed E-state index contributed by atoms with van der Waals surface area (Å²) >= 11 is 6.65. The minimum Gasteiger partial charge on any atom is -0.473 e. The van der Waals surface area contributed by atoms with Gasteiger partial charge >= 0.3 is 12.2 Å². The maximum Gasteiger partial charge on any atom is 0.407 e. The van der Waals surface area contributed by atoms with Crippen molar-refractivity contribution in [1.82, 2.24) is 10.6 Å². The third-order valence-corrected chi connectivity index (χ3v) is 6.05. The number of amides is 2. The van der Waals surface area contributed by atoms with Gasteiger partial charge in [-0.15, -0.1) is 0 Å². The quantitative estimate of drug-likeness (QED) is 0.371. The molecule has 0 saturated heterocycles. The molecular formula is C27H36N2O5S2. The van der Waals surface area contributed by atoms with Crippen LogP contribution in [0, 0.1) is 0 Å². The first-order chi connectivity index (χ1) is 17.1. The van der Waals surface area contributed by atoms with Crippen LogP contribution >= 0.6 is 24.0 Å². The predicted octanol–water partition coefficient (Wildman–Crippen LogP) is 5.86. The highest BCUT2D eigenvalue weighted by Crippen LogP contribution is 2.18. The summed E-state index contributed by atoms with van der Waals surface area (Å²) in [6.45, 7) is 7.43. The summed E-state index contributed by atoms with van der Waals surface area (Å²) in [6, 6.07) is 18.5. The average molecular weight is 533 g/mol. The van der Waals surface area contributed by atoms with E-state index in [-0.39, 0.29) is 12.6 Å². The fraction of sp³-hybridized carbons (Fsp3) is 0.444. The second-order valence-corrected chi connectivity index (χ2v) is 10.8. The summed E-state index contributed by atoms with van der Waals surface area (Å²) in [5.74, 6) is 0. The van der Waals surface area contributed by atoms with E-state index < -0.39 is 29.9 Å². The Morgan fingerprint density at radius 3 is 2.08 bits per heavy atom. The molecule has 2 amide bonds.